The van der Waals surface area contributed by atoms with Crippen molar-refractivity contribution in [2.75, 3.05) is 12.5 Å². The van der Waals surface area contributed by atoms with Crippen molar-refractivity contribution >= 4 is 33.4 Å². The van der Waals surface area contributed by atoms with Crippen molar-refractivity contribution in [3.63, 3.8) is 0 Å². The SMILES string of the molecule is CCCOC(=O)NCSSc1ncccc1[N+](=O)[O-]. The van der Waals surface area contributed by atoms with Gasteiger partial charge in [-0.1, -0.05) is 17.7 Å². The van der Waals surface area contributed by atoms with E-state index in [1.807, 2.05) is 6.92 Å². The number of carbonyl (C=O) groups excluding carboxylic acids is 1. The second kappa shape index (κ2) is 8.59. The van der Waals surface area contributed by atoms with Gasteiger partial charge in [-0.3, -0.25) is 10.1 Å². The van der Waals surface area contributed by atoms with E-state index in [-0.39, 0.29) is 11.6 Å². The lowest BCUT2D eigenvalue weighted by molar-refractivity contribution is -0.388. The van der Waals surface area contributed by atoms with Crippen molar-refractivity contribution in [2.24, 2.45) is 0 Å². The van der Waals surface area contributed by atoms with Gasteiger partial charge in [-0.2, -0.15) is 0 Å². The number of hydrogen-bond donors (Lipinski definition) is 1. The molecule has 0 atom stereocenters. The standard InChI is InChI=1S/C10H13N3O4S2/c1-2-6-17-10(14)12-7-18-19-9-8(13(15)16)4-3-5-11-9/h3-5H,2,6-7H2,1H3,(H,12,14). The Bertz CT molecular complexity index is 445. The number of hydrogen-bond acceptors (Lipinski definition) is 7. The molecule has 1 aromatic heterocycles. The van der Waals surface area contributed by atoms with Crippen LogP contribution in [0, 0.1) is 10.1 Å². The van der Waals surface area contributed by atoms with Crippen LogP contribution in [-0.4, -0.2) is 28.5 Å². The number of amides is 1. The first kappa shape index (κ1) is 15.6. The van der Waals surface area contributed by atoms with E-state index in [9.17, 15) is 14.9 Å². The molecule has 0 bridgehead atoms. The average molecular weight is 303 g/mol. The number of nitrogens with one attached hydrogen (secondary N) is 1. The summed E-state index contributed by atoms with van der Waals surface area (Å²) in [5.74, 6) is 0.279. The Kier molecular flexibility index (Phi) is 7.04. The van der Waals surface area contributed by atoms with E-state index in [0.29, 0.717) is 11.6 Å². The zero-order valence-corrected chi connectivity index (χ0v) is 11.8. The lowest BCUT2D eigenvalue weighted by Crippen LogP contribution is -2.23. The van der Waals surface area contributed by atoms with Crippen LogP contribution in [0.4, 0.5) is 10.5 Å². The van der Waals surface area contributed by atoms with E-state index in [4.69, 9.17) is 4.74 Å². The molecule has 0 radical (unpaired) electrons. The van der Waals surface area contributed by atoms with Gasteiger partial charge in [-0.15, -0.1) is 0 Å². The van der Waals surface area contributed by atoms with E-state index in [0.717, 1.165) is 17.2 Å². The summed E-state index contributed by atoms with van der Waals surface area (Å²) in [6.45, 7) is 2.27. The summed E-state index contributed by atoms with van der Waals surface area (Å²) in [5.41, 5.74) is -0.0476. The topological polar surface area (TPSA) is 94.4 Å². The van der Waals surface area contributed by atoms with Crippen LogP contribution in [-0.2, 0) is 4.74 Å². The Balaban J connectivity index is 2.33. The number of alkyl carbamates (subject to hydrolysis) is 1. The molecule has 0 aliphatic rings. The van der Waals surface area contributed by atoms with Crippen molar-refractivity contribution in [3.8, 4) is 0 Å². The normalized spacial score (nSPS) is 9.95. The molecule has 0 aliphatic carbocycles. The second-order valence-electron chi connectivity index (χ2n) is 3.24. The number of pyridine rings is 1. The van der Waals surface area contributed by atoms with Gasteiger partial charge in [-0.25, -0.2) is 9.78 Å². The molecule has 19 heavy (non-hydrogen) atoms. The van der Waals surface area contributed by atoms with Crippen molar-refractivity contribution in [1.29, 1.82) is 0 Å². The molecule has 1 N–H and O–H groups in total. The fraction of sp³-hybridized carbons (Fsp3) is 0.400. The molecule has 9 heteroatoms. The maximum absolute atomic E-state index is 11.1. The summed E-state index contributed by atoms with van der Waals surface area (Å²) >= 11 is 0. The van der Waals surface area contributed by atoms with Gasteiger partial charge in [-0.05, 0) is 23.3 Å². The minimum Gasteiger partial charge on any atom is -0.450 e. The summed E-state index contributed by atoms with van der Waals surface area (Å²) in [6.07, 6.45) is 1.75. The molecule has 7 nitrogen and oxygen atoms in total. The van der Waals surface area contributed by atoms with Crippen molar-refractivity contribution in [1.82, 2.24) is 10.3 Å². The lowest BCUT2D eigenvalue weighted by atomic mass is 10.4. The number of aromatic nitrogens is 1. The highest BCUT2D eigenvalue weighted by molar-refractivity contribution is 8.76. The zero-order chi connectivity index (χ0) is 14.1. The fourth-order valence-corrected chi connectivity index (χ4v) is 2.76. The highest BCUT2D eigenvalue weighted by atomic mass is 33.1. The van der Waals surface area contributed by atoms with Gasteiger partial charge in [0.05, 0.1) is 17.4 Å². The first-order chi connectivity index (χ1) is 9.15. The quantitative estimate of drug-likeness (QED) is 0.272. The Morgan fingerprint density at radius 1 is 1.63 bits per heavy atom. The van der Waals surface area contributed by atoms with Crippen LogP contribution in [0.3, 0.4) is 0 Å². The molecule has 1 aromatic rings. The third-order valence-corrected chi connectivity index (χ3v) is 3.83. The Morgan fingerprint density at radius 2 is 2.42 bits per heavy atom. The first-order valence-corrected chi connectivity index (χ1v) is 7.76. The second-order valence-corrected chi connectivity index (χ2v) is 5.53. The number of nitro groups is 1. The predicted octanol–water partition coefficient (Wildman–Crippen LogP) is 2.82. The Hall–Kier alpha value is -1.48. The molecule has 0 aromatic carbocycles. The van der Waals surface area contributed by atoms with Gasteiger partial charge in [0.25, 0.3) is 0 Å². The summed E-state index contributed by atoms with van der Waals surface area (Å²) in [6, 6.07) is 2.89. The number of rotatable bonds is 7. The Morgan fingerprint density at radius 3 is 3.11 bits per heavy atom. The highest BCUT2D eigenvalue weighted by Crippen LogP contribution is 2.34. The molecular formula is C10H13N3O4S2. The van der Waals surface area contributed by atoms with Gasteiger partial charge in [0.2, 0.25) is 0 Å². The van der Waals surface area contributed by atoms with Crippen molar-refractivity contribution in [2.45, 2.75) is 18.4 Å². The van der Waals surface area contributed by atoms with Gasteiger partial charge in [0.15, 0.2) is 5.03 Å². The van der Waals surface area contributed by atoms with Crippen LogP contribution in [0.15, 0.2) is 23.4 Å². The van der Waals surface area contributed by atoms with Gasteiger partial charge >= 0.3 is 11.8 Å². The monoisotopic (exact) mass is 303 g/mol. The van der Waals surface area contributed by atoms with Gasteiger partial charge in [0.1, 0.15) is 0 Å². The molecule has 0 fully saturated rings. The van der Waals surface area contributed by atoms with E-state index in [2.05, 4.69) is 10.3 Å². The van der Waals surface area contributed by atoms with Crippen LogP contribution < -0.4 is 5.32 Å². The van der Waals surface area contributed by atoms with Gasteiger partial charge < -0.3 is 10.1 Å². The molecular weight excluding hydrogens is 290 g/mol. The highest BCUT2D eigenvalue weighted by Gasteiger charge is 2.14. The summed E-state index contributed by atoms with van der Waals surface area (Å²) in [7, 11) is 2.37. The van der Waals surface area contributed by atoms with Crippen molar-refractivity contribution in [3.05, 3.63) is 28.4 Å². The minimum atomic E-state index is -0.495. The molecule has 1 rings (SSSR count). The molecule has 0 saturated carbocycles. The van der Waals surface area contributed by atoms with E-state index < -0.39 is 11.0 Å². The van der Waals surface area contributed by atoms with E-state index >= 15 is 0 Å². The molecule has 0 saturated heterocycles. The third-order valence-electron chi connectivity index (χ3n) is 1.80. The molecule has 1 heterocycles. The summed E-state index contributed by atoms with van der Waals surface area (Å²) < 4.78 is 4.81. The molecule has 0 unspecified atom stereocenters. The zero-order valence-electron chi connectivity index (χ0n) is 10.2. The lowest BCUT2D eigenvalue weighted by Gasteiger charge is -2.05. The largest absolute Gasteiger partial charge is 0.450 e. The van der Waals surface area contributed by atoms with Crippen molar-refractivity contribution < 1.29 is 14.5 Å². The van der Waals surface area contributed by atoms with E-state index in [1.165, 1.54) is 29.1 Å². The maximum atomic E-state index is 11.1. The average Bonchev–Trinajstić information content (AvgIpc) is 2.41. The fourth-order valence-electron chi connectivity index (χ4n) is 1.00. The van der Waals surface area contributed by atoms with Crippen LogP contribution in [0.5, 0.6) is 0 Å². The third kappa shape index (κ3) is 5.79. The maximum Gasteiger partial charge on any atom is 0.407 e. The van der Waals surface area contributed by atoms with E-state index in [1.54, 1.807) is 0 Å². The molecule has 104 valence electrons. The predicted molar refractivity (Wildman–Crippen MR) is 74.0 cm³/mol. The van der Waals surface area contributed by atoms with Gasteiger partial charge in [0, 0.05) is 12.3 Å². The van der Waals surface area contributed by atoms with Crippen LogP contribution in [0.1, 0.15) is 13.3 Å². The molecule has 0 aliphatic heterocycles. The smallest absolute Gasteiger partial charge is 0.407 e. The Labute approximate surface area is 118 Å². The number of ether oxygens (including phenoxy) is 1. The van der Waals surface area contributed by atoms with Crippen LogP contribution in [0.25, 0.3) is 0 Å². The number of carbonyl (C=O) groups is 1. The summed E-state index contributed by atoms with van der Waals surface area (Å²) in [4.78, 5) is 25.3. The van der Waals surface area contributed by atoms with Crippen LogP contribution >= 0.6 is 21.6 Å². The number of nitrogens with zero attached hydrogens (tertiary/aromatic N) is 2. The van der Waals surface area contributed by atoms with Crippen LogP contribution in [0.2, 0.25) is 0 Å². The minimum absolute atomic E-state index is 0.0476. The molecule has 1 amide bonds. The summed E-state index contributed by atoms with van der Waals surface area (Å²) in [5, 5.41) is 13.6. The first-order valence-electron chi connectivity index (χ1n) is 5.44. The molecule has 0 spiro atoms.